The molecular weight excluding hydrogens is 282 g/mol. The Labute approximate surface area is 110 Å². The van der Waals surface area contributed by atoms with Crippen molar-refractivity contribution >= 4 is 21.7 Å². The van der Waals surface area contributed by atoms with Crippen molar-refractivity contribution < 1.29 is 9.53 Å². The summed E-state index contributed by atoms with van der Waals surface area (Å²) in [6, 6.07) is 5.57. The summed E-state index contributed by atoms with van der Waals surface area (Å²) in [7, 11) is 1.60. The number of carbonyl (C=O) groups is 1. The van der Waals surface area contributed by atoms with Crippen LogP contribution in [0.1, 0.15) is 23.2 Å². The Balaban J connectivity index is 2.25. The molecule has 1 aromatic rings. The van der Waals surface area contributed by atoms with Crippen LogP contribution >= 0.6 is 15.9 Å². The predicted molar refractivity (Wildman–Crippen MR) is 70.6 cm³/mol. The van der Waals surface area contributed by atoms with E-state index in [-0.39, 0.29) is 11.7 Å². The zero-order chi connectivity index (χ0) is 12.3. The van der Waals surface area contributed by atoms with Gasteiger partial charge in [-0.15, -0.1) is 0 Å². The van der Waals surface area contributed by atoms with Crippen LogP contribution in [-0.4, -0.2) is 26.0 Å². The molecule has 4 heteroatoms. The van der Waals surface area contributed by atoms with Crippen LogP contribution in [0.4, 0.5) is 0 Å². The first-order chi connectivity index (χ1) is 8.22. The van der Waals surface area contributed by atoms with E-state index in [2.05, 4.69) is 21.2 Å². The van der Waals surface area contributed by atoms with Crippen LogP contribution in [0, 0.1) is 5.92 Å². The number of nitrogens with one attached hydrogen (secondary N) is 1. The average molecular weight is 298 g/mol. The number of Topliss-reactive ketones (excluding diaryl/α,β-unsaturated/α-hetero) is 1. The normalized spacial score (nSPS) is 16.8. The Morgan fingerprint density at radius 2 is 2.12 bits per heavy atom. The number of hydrogen-bond acceptors (Lipinski definition) is 3. The first-order valence-corrected chi connectivity index (χ1v) is 6.60. The Kier molecular flexibility index (Phi) is 4.18. The maximum Gasteiger partial charge on any atom is 0.169 e. The predicted octanol–water partition coefficient (Wildman–Crippen LogP) is 2.64. The topological polar surface area (TPSA) is 38.3 Å². The highest BCUT2D eigenvalue weighted by Gasteiger charge is 2.24. The van der Waals surface area contributed by atoms with Gasteiger partial charge in [-0.3, -0.25) is 4.79 Å². The van der Waals surface area contributed by atoms with Crippen LogP contribution in [-0.2, 0) is 0 Å². The van der Waals surface area contributed by atoms with Crippen molar-refractivity contribution in [3.63, 3.8) is 0 Å². The van der Waals surface area contributed by atoms with Crippen molar-refractivity contribution in [1.82, 2.24) is 5.32 Å². The van der Waals surface area contributed by atoms with E-state index >= 15 is 0 Å². The highest BCUT2D eigenvalue weighted by Crippen LogP contribution is 2.27. The van der Waals surface area contributed by atoms with Crippen molar-refractivity contribution in [3.05, 3.63) is 28.2 Å². The lowest BCUT2D eigenvalue weighted by Gasteiger charge is -2.22. The van der Waals surface area contributed by atoms with E-state index in [0.717, 1.165) is 30.4 Å². The molecular formula is C13H16BrNO2. The molecule has 0 bridgehead atoms. The second-order valence-corrected chi connectivity index (χ2v) is 5.15. The second kappa shape index (κ2) is 5.65. The molecule has 1 N–H and O–H groups in total. The second-order valence-electron chi connectivity index (χ2n) is 4.23. The number of ketones is 1. The standard InChI is InChI=1S/C13H16BrNO2/c1-17-12-3-2-10(14)8-11(12)13(16)9-4-6-15-7-5-9/h2-3,8-9,15H,4-7H2,1H3. The van der Waals surface area contributed by atoms with E-state index in [1.54, 1.807) is 7.11 Å². The van der Waals surface area contributed by atoms with Crippen LogP contribution in [0.15, 0.2) is 22.7 Å². The lowest BCUT2D eigenvalue weighted by atomic mass is 9.89. The van der Waals surface area contributed by atoms with Crippen molar-refractivity contribution in [2.45, 2.75) is 12.8 Å². The number of carbonyl (C=O) groups excluding carboxylic acids is 1. The summed E-state index contributed by atoms with van der Waals surface area (Å²) >= 11 is 3.40. The molecule has 1 aliphatic heterocycles. The SMILES string of the molecule is COc1ccc(Br)cc1C(=O)C1CCNCC1. The van der Waals surface area contributed by atoms with Gasteiger partial charge in [-0.05, 0) is 44.1 Å². The highest BCUT2D eigenvalue weighted by molar-refractivity contribution is 9.10. The lowest BCUT2D eigenvalue weighted by molar-refractivity contribution is 0.0892. The molecule has 0 spiro atoms. The molecule has 17 heavy (non-hydrogen) atoms. The Morgan fingerprint density at radius 1 is 1.41 bits per heavy atom. The van der Waals surface area contributed by atoms with Gasteiger partial charge in [0, 0.05) is 10.4 Å². The lowest BCUT2D eigenvalue weighted by Crippen LogP contribution is -2.32. The van der Waals surface area contributed by atoms with Gasteiger partial charge in [0.05, 0.1) is 12.7 Å². The first-order valence-electron chi connectivity index (χ1n) is 5.81. The Hall–Kier alpha value is -0.870. The molecule has 0 radical (unpaired) electrons. The summed E-state index contributed by atoms with van der Waals surface area (Å²) in [4.78, 5) is 12.4. The van der Waals surface area contributed by atoms with Gasteiger partial charge in [-0.25, -0.2) is 0 Å². The molecule has 0 saturated carbocycles. The maximum absolute atomic E-state index is 12.4. The van der Waals surface area contributed by atoms with Gasteiger partial charge in [0.25, 0.3) is 0 Å². The molecule has 1 aromatic carbocycles. The van der Waals surface area contributed by atoms with Gasteiger partial charge in [-0.1, -0.05) is 15.9 Å². The monoisotopic (exact) mass is 297 g/mol. The molecule has 1 aliphatic rings. The summed E-state index contributed by atoms with van der Waals surface area (Å²) < 4.78 is 6.17. The third-order valence-corrected chi connectivity index (χ3v) is 3.63. The third kappa shape index (κ3) is 2.87. The van der Waals surface area contributed by atoms with E-state index in [0.29, 0.717) is 11.3 Å². The van der Waals surface area contributed by atoms with E-state index in [4.69, 9.17) is 4.74 Å². The largest absolute Gasteiger partial charge is 0.496 e. The molecule has 1 heterocycles. The van der Waals surface area contributed by atoms with Crippen LogP contribution in [0.2, 0.25) is 0 Å². The Morgan fingerprint density at radius 3 is 2.76 bits per heavy atom. The third-order valence-electron chi connectivity index (χ3n) is 3.14. The smallest absolute Gasteiger partial charge is 0.169 e. The van der Waals surface area contributed by atoms with Crippen LogP contribution in [0.3, 0.4) is 0 Å². The van der Waals surface area contributed by atoms with E-state index in [1.165, 1.54) is 0 Å². The van der Waals surface area contributed by atoms with Crippen molar-refractivity contribution in [2.75, 3.05) is 20.2 Å². The maximum atomic E-state index is 12.4. The molecule has 1 fully saturated rings. The van der Waals surface area contributed by atoms with Gasteiger partial charge < -0.3 is 10.1 Å². The fourth-order valence-corrected chi connectivity index (χ4v) is 2.54. The average Bonchev–Trinajstić information content (AvgIpc) is 2.39. The van der Waals surface area contributed by atoms with Gasteiger partial charge in [0.2, 0.25) is 0 Å². The zero-order valence-electron chi connectivity index (χ0n) is 9.83. The zero-order valence-corrected chi connectivity index (χ0v) is 11.4. The molecule has 0 amide bonds. The molecule has 1 saturated heterocycles. The first kappa shape index (κ1) is 12.6. The fourth-order valence-electron chi connectivity index (χ4n) is 2.18. The summed E-state index contributed by atoms with van der Waals surface area (Å²) in [5, 5.41) is 3.27. The fraction of sp³-hybridized carbons (Fsp3) is 0.462. The number of ether oxygens (including phenoxy) is 1. The minimum atomic E-state index is 0.124. The number of methoxy groups -OCH3 is 1. The quantitative estimate of drug-likeness (QED) is 0.872. The van der Waals surface area contributed by atoms with Crippen LogP contribution in [0.25, 0.3) is 0 Å². The summed E-state index contributed by atoms with van der Waals surface area (Å²) in [6.45, 7) is 1.85. The van der Waals surface area contributed by atoms with E-state index in [1.807, 2.05) is 18.2 Å². The highest BCUT2D eigenvalue weighted by atomic mass is 79.9. The number of piperidine rings is 1. The van der Waals surface area contributed by atoms with E-state index in [9.17, 15) is 4.79 Å². The number of halogens is 1. The minimum absolute atomic E-state index is 0.124. The molecule has 3 nitrogen and oxygen atoms in total. The molecule has 0 aliphatic carbocycles. The van der Waals surface area contributed by atoms with E-state index < -0.39 is 0 Å². The number of benzene rings is 1. The molecule has 0 atom stereocenters. The Bertz CT molecular complexity index is 414. The minimum Gasteiger partial charge on any atom is -0.496 e. The van der Waals surface area contributed by atoms with Crippen LogP contribution in [0.5, 0.6) is 5.75 Å². The van der Waals surface area contributed by atoms with Crippen molar-refractivity contribution in [2.24, 2.45) is 5.92 Å². The summed E-state index contributed by atoms with van der Waals surface area (Å²) in [5.41, 5.74) is 0.689. The van der Waals surface area contributed by atoms with Gasteiger partial charge in [0.15, 0.2) is 5.78 Å². The number of rotatable bonds is 3. The number of hydrogen-bond donors (Lipinski definition) is 1. The molecule has 2 rings (SSSR count). The molecule has 0 unspecified atom stereocenters. The summed E-state index contributed by atoms with van der Waals surface area (Å²) in [5.74, 6) is 0.987. The summed E-state index contributed by atoms with van der Waals surface area (Å²) in [6.07, 6.45) is 1.82. The molecule has 0 aromatic heterocycles. The van der Waals surface area contributed by atoms with Gasteiger partial charge in [-0.2, -0.15) is 0 Å². The van der Waals surface area contributed by atoms with Crippen molar-refractivity contribution in [3.8, 4) is 5.75 Å². The van der Waals surface area contributed by atoms with Gasteiger partial charge >= 0.3 is 0 Å². The van der Waals surface area contributed by atoms with Crippen molar-refractivity contribution in [1.29, 1.82) is 0 Å². The molecule has 92 valence electrons. The van der Waals surface area contributed by atoms with Gasteiger partial charge in [0.1, 0.15) is 5.75 Å². The van der Waals surface area contributed by atoms with Crippen LogP contribution < -0.4 is 10.1 Å².